The van der Waals surface area contributed by atoms with Crippen molar-refractivity contribution in [3.05, 3.63) is 89.1 Å². The molecule has 0 unspecified atom stereocenters. The Balaban J connectivity index is 1.25. The van der Waals surface area contributed by atoms with E-state index in [2.05, 4.69) is 37.8 Å². The topological polar surface area (TPSA) is 127 Å². The minimum atomic E-state index is -0.242. The monoisotopic (exact) mass is 579 g/mol. The van der Waals surface area contributed by atoms with Gasteiger partial charge in [-0.05, 0) is 59.5 Å². The van der Waals surface area contributed by atoms with Crippen LogP contribution >= 0.6 is 0 Å². The number of carbonyl (C=O) groups excluding carboxylic acids is 2. The molecule has 0 atom stereocenters. The van der Waals surface area contributed by atoms with Crippen LogP contribution in [0.15, 0.2) is 66.7 Å². The normalized spacial score (nSPS) is 14.6. The first-order chi connectivity index (χ1) is 21.0. The van der Waals surface area contributed by atoms with E-state index in [0.717, 1.165) is 33.3 Å². The number of H-pyrrole nitrogens is 1. The molecule has 2 N–H and O–H groups in total. The molecule has 6 rings (SSSR count). The van der Waals surface area contributed by atoms with Crippen LogP contribution in [0.3, 0.4) is 0 Å². The number of nitrogens with one attached hydrogen (secondary N) is 2. The van der Waals surface area contributed by atoms with Crippen molar-refractivity contribution in [1.82, 2.24) is 35.4 Å². The fourth-order valence-corrected chi connectivity index (χ4v) is 5.43. The molecule has 11 nitrogen and oxygen atoms in total. The Morgan fingerprint density at radius 1 is 1.07 bits per heavy atom. The summed E-state index contributed by atoms with van der Waals surface area (Å²) in [7, 11) is 3.31. The summed E-state index contributed by atoms with van der Waals surface area (Å²) in [5.41, 5.74) is 5.60. The molecular formula is C32H33N7O4. The van der Waals surface area contributed by atoms with Gasteiger partial charge in [0.1, 0.15) is 0 Å². The quantitative estimate of drug-likeness (QED) is 0.335. The number of aromatic amines is 1. The third kappa shape index (κ3) is 6.20. The number of tetrazole rings is 1. The van der Waals surface area contributed by atoms with Crippen molar-refractivity contribution in [2.45, 2.75) is 19.3 Å². The molecule has 0 fully saturated rings. The summed E-state index contributed by atoms with van der Waals surface area (Å²) < 4.78 is 11.7. The van der Waals surface area contributed by atoms with E-state index >= 15 is 0 Å². The average Bonchev–Trinajstić information content (AvgIpc) is 3.61. The minimum Gasteiger partial charge on any atom is -0.493 e. The lowest BCUT2D eigenvalue weighted by molar-refractivity contribution is -0.121. The van der Waals surface area contributed by atoms with Crippen LogP contribution in [0.25, 0.3) is 22.3 Å². The number of amides is 2. The number of methoxy groups -OCH3 is 1. The standard InChI is InChI=1S/C32H33N7O4/c1-38-36-31(35-37-38)22-9-11-23(12-10-22)32(41)39-16-5-17-43-29-19-21(8-13-28(29)42-2)18-27-25(14-15-33-30(40)20-39)24-6-3-4-7-26(24)34-27/h3-4,6-13,19,34H,5,14-18,20H2,1-2H3,(H,33,40). The minimum absolute atomic E-state index is 0.0636. The molecule has 3 heterocycles. The number of carbonyl (C=O) groups is 2. The van der Waals surface area contributed by atoms with Gasteiger partial charge in [-0.1, -0.05) is 36.4 Å². The largest absolute Gasteiger partial charge is 0.493 e. The summed E-state index contributed by atoms with van der Waals surface area (Å²) in [6.45, 7) is 1.08. The molecule has 1 aliphatic rings. The van der Waals surface area contributed by atoms with Gasteiger partial charge in [-0.25, -0.2) is 0 Å². The molecule has 0 saturated carbocycles. The molecule has 43 heavy (non-hydrogen) atoms. The number of aromatic nitrogens is 5. The van der Waals surface area contributed by atoms with Gasteiger partial charge >= 0.3 is 0 Å². The molecule has 2 bridgehead atoms. The lowest BCUT2D eigenvalue weighted by Gasteiger charge is -2.23. The van der Waals surface area contributed by atoms with Crippen molar-refractivity contribution in [1.29, 1.82) is 0 Å². The van der Waals surface area contributed by atoms with Crippen molar-refractivity contribution in [2.75, 3.05) is 33.4 Å². The Morgan fingerprint density at radius 2 is 1.91 bits per heavy atom. The SMILES string of the molecule is COc1ccc2cc1OCCCN(C(=O)c1ccc(-c3nnn(C)n3)cc1)CC(=O)NCCc1c([nH]c3ccccc13)C2. The fourth-order valence-electron chi connectivity index (χ4n) is 5.43. The summed E-state index contributed by atoms with van der Waals surface area (Å²) in [5, 5.41) is 16.3. The van der Waals surface area contributed by atoms with Crippen molar-refractivity contribution in [3.63, 3.8) is 0 Å². The molecule has 0 spiro atoms. The van der Waals surface area contributed by atoms with Crippen molar-refractivity contribution < 1.29 is 19.1 Å². The van der Waals surface area contributed by atoms with Crippen LogP contribution in [-0.2, 0) is 24.7 Å². The zero-order chi connectivity index (χ0) is 29.8. The van der Waals surface area contributed by atoms with E-state index in [-0.39, 0.29) is 18.4 Å². The van der Waals surface area contributed by atoms with Crippen LogP contribution < -0.4 is 14.8 Å². The van der Waals surface area contributed by atoms with E-state index in [1.165, 1.54) is 4.80 Å². The highest BCUT2D eigenvalue weighted by Crippen LogP contribution is 2.31. The second-order valence-electron chi connectivity index (χ2n) is 10.5. The molecule has 2 amide bonds. The summed E-state index contributed by atoms with van der Waals surface area (Å²) >= 11 is 0. The Bertz CT molecular complexity index is 1760. The van der Waals surface area contributed by atoms with Crippen molar-refractivity contribution >= 4 is 22.7 Å². The number of nitrogens with zero attached hydrogens (tertiary/aromatic N) is 5. The molecule has 5 aromatic rings. The molecule has 2 aromatic heterocycles. The number of aryl methyl sites for hydroxylation is 1. The predicted molar refractivity (Wildman–Crippen MR) is 161 cm³/mol. The molecule has 220 valence electrons. The van der Waals surface area contributed by atoms with Gasteiger partial charge in [0.05, 0.1) is 27.3 Å². The van der Waals surface area contributed by atoms with Crippen molar-refractivity contribution in [2.24, 2.45) is 7.05 Å². The molecule has 0 saturated heterocycles. The van der Waals surface area contributed by atoms with Crippen LogP contribution in [0, 0.1) is 0 Å². The Labute approximate surface area is 248 Å². The summed E-state index contributed by atoms with van der Waals surface area (Å²) in [5.74, 6) is 1.31. The van der Waals surface area contributed by atoms with Gasteiger partial charge in [-0.2, -0.15) is 4.80 Å². The zero-order valence-corrected chi connectivity index (χ0v) is 24.2. The van der Waals surface area contributed by atoms with Gasteiger partial charge in [0.25, 0.3) is 5.91 Å². The van der Waals surface area contributed by atoms with Crippen molar-refractivity contribution in [3.8, 4) is 22.9 Å². The first-order valence-electron chi connectivity index (χ1n) is 14.3. The number of hydrogen-bond acceptors (Lipinski definition) is 7. The fraction of sp³-hybridized carbons (Fsp3) is 0.281. The molecule has 11 heteroatoms. The van der Waals surface area contributed by atoms with E-state index in [0.29, 0.717) is 61.8 Å². The van der Waals surface area contributed by atoms with E-state index in [4.69, 9.17) is 9.47 Å². The van der Waals surface area contributed by atoms with Gasteiger partial charge in [-0.3, -0.25) is 9.59 Å². The van der Waals surface area contributed by atoms with E-state index in [9.17, 15) is 9.59 Å². The number of hydrogen-bond donors (Lipinski definition) is 2. The van der Waals surface area contributed by atoms with E-state index in [1.54, 1.807) is 43.3 Å². The number of para-hydroxylation sites is 1. The van der Waals surface area contributed by atoms with E-state index in [1.807, 2.05) is 30.3 Å². The van der Waals surface area contributed by atoms with Gasteiger partial charge in [0.2, 0.25) is 11.7 Å². The number of ether oxygens (including phenoxy) is 2. The first-order valence-corrected chi connectivity index (χ1v) is 14.3. The maximum Gasteiger partial charge on any atom is 0.254 e. The predicted octanol–water partition coefficient (Wildman–Crippen LogP) is 3.54. The number of rotatable bonds is 3. The molecular weight excluding hydrogens is 546 g/mol. The van der Waals surface area contributed by atoms with Crippen LogP contribution in [0.4, 0.5) is 0 Å². The van der Waals surface area contributed by atoms with Gasteiger partial charge in [-0.15, -0.1) is 10.2 Å². The highest BCUT2D eigenvalue weighted by molar-refractivity contribution is 5.97. The number of benzene rings is 3. The molecule has 0 aliphatic carbocycles. The maximum atomic E-state index is 13.6. The van der Waals surface area contributed by atoms with Crippen LogP contribution in [0.5, 0.6) is 11.5 Å². The first kappa shape index (κ1) is 28.0. The van der Waals surface area contributed by atoms with Crippen LogP contribution in [-0.4, -0.2) is 75.3 Å². The smallest absolute Gasteiger partial charge is 0.254 e. The second-order valence-corrected chi connectivity index (χ2v) is 10.5. The van der Waals surface area contributed by atoms with E-state index < -0.39 is 0 Å². The van der Waals surface area contributed by atoms with Crippen LogP contribution in [0.2, 0.25) is 0 Å². The summed E-state index contributed by atoms with van der Waals surface area (Å²) in [6.07, 6.45) is 1.86. The Hall–Kier alpha value is -5.19. The molecule has 1 aliphatic heterocycles. The second kappa shape index (κ2) is 12.4. The Morgan fingerprint density at radius 3 is 2.70 bits per heavy atom. The molecule has 3 aromatic carbocycles. The summed E-state index contributed by atoms with van der Waals surface area (Å²) in [6, 6.07) is 21.2. The third-order valence-corrected chi connectivity index (χ3v) is 7.56. The van der Waals surface area contributed by atoms with Gasteiger partial charge in [0, 0.05) is 47.2 Å². The lowest BCUT2D eigenvalue weighted by atomic mass is 10.0. The Kier molecular flexibility index (Phi) is 8.03. The highest BCUT2D eigenvalue weighted by Gasteiger charge is 2.21. The zero-order valence-electron chi connectivity index (χ0n) is 24.2. The third-order valence-electron chi connectivity index (χ3n) is 7.56. The number of fused-ring (bicyclic) bond motifs is 5. The highest BCUT2D eigenvalue weighted by atomic mass is 16.5. The molecule has 0 radical (unpaired) electrons. The van der Waals surface area contributed by atoms with Gasteiger partial charge < -0.3 is 24.7 Å². The maximum absolute atomic E-state index is 13.6. The van der Waals surface area contributed by atoms with Gasteiger partial charge in [0.15, 0.2) is 11.5 Å². The van der Waals surface area contributed by atoms with Crippen LogP contribution in [0.1, 0.15) is 33.6 Å². The summed E-state index contributed by atoms with van der Waals surface area (Å²) in [4.78, 5) is 33.2. The lowest BCUT2D eigenvalue weighted by Crippen LogP contribution is -2.42. The average molecular weight is 580 g/mol.